The van der Waals surface area contributed by atoms with E-state index in [4.69, 9.17) is 0 Å². The Hall–Kier alpha value is -1.99. The number of benzene rings is 1. The summed E-state index contributed by atoms with van der Waals surface area (Å²) in [6, 6.07) is 8.51. The van der Waals surface area contributed by atoms with Crippen molar-refractivity contribution in [2.45, 2.75) is 25.1 Å². The van der Waals surface area contributed by atoms with Crippen LogP contribution in [0.1, 0.15) is 18.9 Å². The molecule has 1 atom stereocenters. The molecule has 0 aliphatic carbocycles. The standard InChI is InChI=1S/C15H18N2O4S/c1-2-14(17(19)11-18)10-22(20,21)9-12-7-13-5-3-4-6-15(13)16-8-12/h3-8,11,14,19H,2,9-10H2,1H3. The highest BCUT2D eigenvalue weighted by Crippen LogP contribution is 2.16. The summed E-state index contributed by atoms with van der Waals surface area (Å²) in [5.41, 5.74) is 1.39. The number of rotatable bonds is 7. The van der Waals surface area contributed by atoms with E-state index in [1.54, 1.807) is 13.0 Å². The minimum absolute atomic E-state index is 0.173. The van der Waals surface area contributed by atoms with Gasteiger partial charge in [-0.2, -0.15) is 0 Å². The summed E-state index contributed by atoms with van der Waals surface area (Å²) in [7, 11) is -3.47. The molecule has 0 aliphatic rings. The number of amides is 1. The first kappa shape index (κ1) is 16.4. The van der Waals surface area contributed by atoms with Gasteiger partial charge >= 0.3 is 0 Å². The maximum Gasteiger partial charge on any atom is 0.233 e. The molecule has 0 spiro atoms. The number of hydrogen-bond acceptors (Lipinski definition) is 5. The second-order valence-electron chi connectivity index (χ2n) is 5.14. The Labute approximate surface area is 129 Å². The first-order chi connectivity index (χ1) is 10.4. The quantitative estimate of drug-likeness (QED) is 0.477. The summed E-state index contributed by atoms with van der Waals surface area (Å²) < 4.78 is 24.5. The third kappa shape index (κ3) is 4.02. The molecule has 1 amide bonds. The zero-order chi connectivity index (χ0) is 16.2. The molecular formula is C15H18N2O4S. The number of nitrogens with zero attached hydrogens (tertiary/aromatic N) is 2. The number of hydroxylamine groups is 2. The van der Waals surface area contributed by atoms with E-state index < -0.39 is 15.9 Å². The second-order valence-corrected chi connectivity index (χ2v) is 7.25. The summed E-state index contributed by atoms with van der Waals surface area (Å²) in [4.78, 5) is 14.8. The van der Waals surface area contributed by atoms with Crippen molar-refractivity contribution in [3.05, 3.63) is 42.1 Å². The van der Waals surface area contributed by atoms with E-state index in [-0.39, 0.29) is 17.9 Å². The molecule has 22 heavy (non-hydrogen) atoms. The fraction of sp³-hybridized carbons (Fsp3) is 0.333. The third-order valence-corrected chi connectivity index (χ3v) is 5.10. The van der Waals surface area contributed by atoms with Gasteiger partial charge in [0.1, 0.15) is 0 Å². The second kappa shape index (κ2) is 6.85. The molecule has 0 fully saturated rings. The highest BCUT2D eigenvalue weighted by molar-refractivity contribution is 7.90. The summed E-state index contributed by atoms with van der Waals surface area (Å²) in [6.45, 7) is 1.71. The molecule has 118 valence electrons. The van der Waals surface area contributed by atoms with Crippen molar-refractivity contribution in [3.63, 3.8) is 0 Å². The lowest BCUT2D eigenvalue weighted by Crippen LogP contribution is -2.36. The Morgan fingerprint density at radius 3 is 2.77 bits per heavy atom. The zero-order valence-electron chi connectivity index (χ0n) is 12.2. The summed E-state index contributed by atoms with van der Waals surface area (Å²) in [5.74, 6) is -0.459. The molecule has 1 aromatic carbocycles. The van der Waals surface area contributed by atoms with Crippen LogP contribution in [0.15, 0.2) is 36.5 Å². The number of hydrogen-bond donors (Lipinski definition) is 1. The van der Waals surface area contributed by atoms with Gasteiger partial charge in [0.05, 0.1) is 23.1 Å². The smallest absolute Gasteiger partial charge is 0.233 e. The average molecular weight is 322 g/mol. The maximum atomic E-state index is 12.2. The van der Waals surface area contributed by atoms with Crippen molar-refractivity contribution >= 4 is 27.2 Å². The minimum atomic E-state index is -3.47. The van der Waals surface area contributed by atoms with E-state index in [2.05, 4.69) is 4.98 Å². The van der Waals surface area contributed by atoms with Gasteiger partial charge in [0, 0.05) is 11.6 Å². The van der Waals surface area contributed by atoms with E-state index in [9.17, 15) is 18.4 Å². The van der Waals surface area contributed by atoms with Crippen LogP contribution in [-0.4, -0.2) is 41.9 Å². The molecule has 0 saturated carbocycles. The third-order valence-electron chi connectivity index (χ3n) is 3.43. The fourth-order valence-electron chi connectivity index (χ4n) is 2.27. The molecule has 0 saturated heterocycles. The number of fused-ring (bicyclic) bond motifs is 1. The van der Waals surface area contributed by atoms with Crippen LogP contribution in [0.2, 0.25) is 0 Å². The number of aromatic nitrogens is 1. The number of para-hydroxylation sites is 1. The van der Waals surface area contributed by atoms with Crippen LogP contribution in [-0.2, 0) is 20.4 Å². The Bertz CT molecular complexity index is 761. The molecule has 2 rings (SSSR count). The number of pyridine rings is 1. The lowest BCUT2D eigenvalue weighted by atomic mass is 10.2. The fourth-order valence-corrected chi connectivity index (χ4v) is 4.03. The van der Waals surface area contributed by atoms with Crippen LogP contribution in [0, 0.1) is 0 Å². The lowest BCUT2D eigenvalue weighted by Gasteiger charge is -2.20. The predicted molar refractivity (Wildman–Crippen MR) is 83.0 cm³/mol. The Morgan fingerprint density at radius 1 is 1.36 bits per heavy atom. The molecular weight excluding hydrogens is 304 g/mol. The summed E-state index contributed by atoms with van der Waals surface area (Å²) in [5, 5.41) is 10.7. The van der Waals surface area contributed by atoms with Crippen molar-refractivity contribution in [2.24, 2.45) is 0 Å². The molecule has 7 heteroatoms. The number of sulfone groups is 1. The predicted octanol–water partition coefficient (Wildman–Crippen LogP) is 1.78. The largest absolute Gasteiger partial charge is 0.286 e. The molecule has 1 N–H and O–H groups in total. The van der Waals surface area contributed by atoms with Crippen molar-refractivity contribution in [1.29, 1.82) is 0 Å². The highest BCUT2D eigenvalue weighted by Gasteiger charge is 2.22. The highest BCUT2D eigenvalue weighted by atomic mass is 32.2. The van der Waals surface area contributed by atoms with Gasteiger partial charge in [-0.3, -0.25) is 15.0 Å². The molecule has 0 radical (unpaired) electrons. The monoisotopic (exact) mass is 322 g/mol. The van der Waals surface area contributed by atoms with Gasteiger partial charge in [0.2, 0.25) is 6.41 Å². The molecule has 0 bridgehead atoms. The van der Waals surface area contributed by atoms with Crippen molar-refractivity contribution in [3.8, 4) is 0 Å². The molecule has 1 unspecified atom stereocenters. The van der Waals surface area contributed by atoms with Crippen LogP contribution >= 0.6 is 0 Å². The summed E-state index contributed by atoms with van der Waals surface area (Å²) in [6.07, 6.45) is 2.11. The van der Waals surface area contributed by atoms with Crippen molar-refractivity contribution < 1.29 is 18.4 Å². The van der Waals surface area contributed by atoms with Gasteiger partial charge in [-0.05, 0) is 24.1 Å². The van der Waals surface area contributed by atoms with Crippen LogP contribution in [0.25, 0.3) is 10.9 Å². The number of carbonyl (C=O) groups excluding carboxylic acids is 1. The van der Waals surface area contributed by atoms with Crippen LogP contribution < -0.4 is 0 Å². The van der Waals surface area contributed by atoms with Gasteiger partial charge in [0.15, 0.2) is 9.84 Å². The number of carbonyl (C=O) groups is 1. The molecule has 1 heterocycles. The lowest BCUT2D eigenvalue weighted by molar-refractivity contribution is -0.158. The average Bonchev–Trinajstić information content (AvgIpc) is 2.51. The Balaban J connectivity index is 2.17. The van der Waals surface area contributed by atoms with Crippen LogP contribution in [0.3, 0.4) is 0 Å². The Morgan fingerprint density at radius 2 is 2.09 bits per heavy atom. The molecule has 2 aromatic rings. The summed E-state index contributed by atoms with van der Waals surface area (Å²) >= 11 is 0. The van der Waals surface area contributed by atoms with E-state index in [1.165, 1.54) is 6.20 Å². The van der Waals surface area contributed by atoms with Crippen molar-refractivity contribution in [1.82, 2.24) is 10.0 Å². The van der Waals surface area contributed by atoms with E-state index in [0.29, 0.717) is 17.0 Å². The first-order valence-corrected chi connectivity index (χ1v) is 8.74. The maximum absolute atomic E-state index is 12.2. The van der Waals surface area contributed by atoms with E-state index >= 15 is 0 Å². The normalized spacial score (nSPS) is 13.0. The van der Waals surface area contributed by atoms with Gasteiger partial charge in [-0.15, -0.1) is 0 Å². The minimum Gasteiger partial charge on any atom is -0.286 e. The van der Waals surface area contributed by atoms with Crippen LogP contribution in [0.4, 0.5) is 0 Å². The van der Waals surface area contributed by atoms with Crippen molar-refractivity contribution in [2.75, 3.05) is 5.75 Å². The first-order valence-electron chi connectivity index (χ1n) is 6.92. The van der Waals surface area contributed by atoms with Gasteiger partial charge in [0.25, 0.3) is 0 Å². The van der Waals surface area contributed by atoms with Crippen LogP contribution in [0.5, 0.6) is 0 Å². The van der Waals surface area contributed by atoms with E-state index in [0.717, 1.165) is 10.9 Å². The van der Waals surface area contributed by atoms with Gasteiger partial charge in [-0.25, -0.2) is 13.5 Å². The zero-order valence-corrected chi connectivity index (χ0v) is 13.0. The molecule has 6 nitrogen and oxygen atoms in total. The molecule has 1 aromatic heterocycles. The Kier molecular flexibility index (Phi) is 5.10. The van der Waals surface area contributed by atoms with E-state index in [1.807, 2.05) is 24.3 Å². The van der Waals surface area contributed by atoms with Gasteiger partial charge in [-0.1, -0.05) is 25.1 Å². The van der Waals surface area contributed by atoms with Gasteiger partial charge < -0.3 is 0 Å². The SMILES string of the molecule is CCC(CS(=O)(=O)Cc1cnc2ccccc2c1)N(O)C=O. The molecule has 0 aliphatic heterocycles. The topological polar surface area (TPSA) is 87.6 Å².